The van der Waals surface area contributed by atoms with E-state index in [2.05, 4.69) is 15.9 Å². The van der Waals surface area contributed by atoms with Crippen molar-refractivity contribution in [3.05, 3.63) is 28.2 Å². The molecule has 0 aliphatic heterocycles. The summed E-state index contributed by atoms with van der Waals surface area (Å²) in [5, 5.41) is 0. The zero-order valence-electron chi connectivity index (χ0n) is 13.9. The molecular weight excluding hydrogens is 428 g/mol. The molecule has 0 saturated heterocycles. The summed E-state index contributed by atoms with van der Waals surface area (Å²) in [5.41, 5.74) is -1.02. The van der Waals surface area contributed by atoms with E-state index in [1.807, 2.05) is 0 Å². The Balaban J connectivity index is 3.00. The Hall–Kier alpha value is -1.46. The maximum atomic E-state index is 13.7. The molecule has 0 fully saturated rings. The smallest absolute Gasteiger partial charge is 0.426 e. The summed E-state index contributed by atoms with van der Waals surface area (Å²) in [4.78, 5) is 12.0. The average Bonchev–Trinajstić information content (AvgIpc) is 2.39. The lowest BCUT2D eigenvalue weighted by atomic mass is 10.2. The SMILES string of the molecule is C[C@@H](COc1c(Br)ccc(F)c1F)N(C(=O)OC(C)(C)C)S(=O)(=O)O. The molecule has 1 aromatic rings. The van der Waals surface area contributed by atoms with Gasteiger partial charge in [0.1, 0.15) is 12.2 Å². The highest BCUT2D eigenvalue weighted by Gasteiger charge is 2.35. The highest BCUT2D eigenvalue weighted by Crippen LogP contribution is 2.30. The predicted octanol–water partition coefficient (Wildman–Crippen LogP) is 3.53. The number of hydrogen-bond donors (Lipinski definition) is 1. The van der Waals surface area contributed by atoms with Crippen LogP contribution in [0.25, 0.3) is 0 Å². The van der Waals surface area contributed by atoms with Crippen LogP contribution >= 0.6 is 15.9 Å². The highest BCUT2D eigenvalue weighted by atomic mass is 79.9. The van der Waals surface area contributed by atoms with Gasteiger partial charge in [-0.2, -0.15) is 17.1 Å². The fourth-order valence-corrected chi connectivity index (χ4v) is 2.88. The van der Waals surface area contributed by atoms with Crippen LogP contribution < -0.4 is 4.74 Å². The molecule has 0 spiro atoms. The number of amides is 1. The van der Waals surface area contributed by atoms with E-state index in [-0.39, 0.29) is 8.78 Å². The second-order valence-corrected chi connectivity index (χ2v) is 8.23. The minimum Gasteiger partial charge on any atom is -0.487 e. The summed E-state index contributed by atoms with van der Waals surface area (Å²) in [6.45, 7) is 5.19. The van der Waals surface area contributed by atoms with E-state index in [1.54, 1.807) is 0 Å². The summed E-state index contributed by atoms with van der Waals surface area (Å²) in [6, 6.07) is 0.813. The minimum atomic E-state index is -4.97. The number of ether oxygens (including phenoxy) is 2. The van der Waals surface area contributed by atoms with Crippen LogP contribution in [0, 0.1) is 11.6 Å². The standard InChI is InChI=1S/C14H18BrF2NO6S/c1-8(7-23-12-9(15)5-6-10(16)11(12)17)18(25(20,21)22)13(19)24-14(2,3)4/h5-6,8H,7H2,1-4H3,(H,20,21,22)/t8-/m0/s1. The van der Waals surface area contributed by atoms with Crippen molar-refractivity contribution in [3.63, 3.8) is 0 Å². The number of carbonyl (C=O) groups is 1. The molecule has 7 nitrogen and oxygen atoms in total. The van der Waals surface area contributed by atoms with Crippen LogP contribution in [0.2, 0.25) is 0 Å². The number of benzene rings is 1. The van der Waals surface area contributed by atoms with Gasteiger partial charge < -0.3 is 9.47 Å². The molecule has 0 aliphatic rings. The van der Waals surface area contributed by atoms with Crippen LogP contribution in [-0.4, -0.2) is 41.6 Å². The molecule has 1 atom stereocenters. The molecule has 0 saturated carbocycles. The van der Waals surface area contributed by atoms with Gasteiger partial charge >= 0.3 is 16.4 Å². The second kappa shape index (κ2) is 7.83. The van der Waals surface area contributed by atoms with Crippen LogP contribution in [0.1, 0.15) is 27.7 Å². The number of nitrogens with zero attached hydrogens (tertiary/aromatic N) is 1. The van der Waals surface area contributed by atoms with E-state index >= 15 is 0 Å². The van der Waals surface area contributed by atoms with Crippen LogP contribution in [0.5, 0.6) is 5.75 Å². The molecule has 0 aromatic heterocycles. The molecule has 0 heterocycles. The molecule has 1 N–H and O–H groups in total. The summed E-state index contributed by atoms with van der Waals surface area (Å²) >= 11 is 2.97. The Kier molecular flexibility index (Phi) is 6.76. The normalized spacial score (nSPS) is 13.3. The lowest BCUT2D eigenvalue weighted by molar-refractivity contribution is 0.0301. The van der Waals surface area contributed by atoms with Crippen molar-refractivity contribution in [2.24, 2.45) is 0 Å². The van der Waals surface area contributed by atoms with Crippen LogP contribution in [0.15, 0.2) is 16.6 Å². The summed E-state index contributed by atoms with van der Waals surface area (Å²) < 4.78 is 69.3. The van der Waals surface area contributed by atoms with Crippen molar-refractivity contribution >= 4 is 32.3 Å². The zero-order chi connectivity index (χ0) is 19.6. The topological polar surface area (TPSA) is 93.1 Å². The van der Waals surface area contributed by atoms with Crippen LogP contribution in [-0.2, 0) is 15.0 Å². The monoisotopic (exact) mass is 445 g/mol. The predicted molar refractivity (Wildman–Crippen MR) is 88.6 cm³/mol. The van der Waals surface area contributed by atoms with Gasteiger partial charge in [0.25, 0.3) is 0 Å². The first-order valence-corrected chi connectivity index (χ1v) is 9.19. The lowest BCUT2D eigenvalue weighted by Gasteiger charge is -2.28. The maximum absolute atomic E-state index is 13.7. The van der Waals surface area contributed by atoms with E-state index in [0.29, 0.717) is 0 Å². The Morgan fingerprint density at radius 3 is 2.40 bits per heavy atom. The van der Waals surface area contributed by atoms with E-state index < -0.39 is 52.0 Å². The molecule has 1 amide bonds. The van der Waals surface area contributed by atoms with Gasteiger partial charge in [-0.05, 0) is 55.8 Å². The molecule has 0 unspecified atom stereocenters. The molecular formula is C14H18BrF2NO6S. The van der Waals surface area contributed by atoms with Gasteiger partial charge in [0.05, 0.1) is 10.5 Å². The third-order valence-corrected chi connectivity index (χ3v) is 4.32. The van der Waals surface area contributed by atoms with Crippen LogP contribution in [0.3, 0.4) is 0 Å². The van der Waals surface area contributed by atoms with Gasteiger partial charge in [0.2, 0.25) is 5.82 Å². The Labute approximate surface area is 152 Å². The van der Waals surface area contributed by atoms with Gasteiger partial charge in [0.15, 0.2) is 11.6 Å². The van der Waals surface area contributed by atoms with Crippen molar-refractivity contribution in [2.45, 2.75) is 39.3 Å². The van der Waals surface area contributed by atoms with Gasteiger partial charge in [-0.1, -0.05) is 0 Å². The van der Waals surface area contributed by atoms with E-state index in [9.17, 15) is 26.5 Å². The fraction of sp³-hybridized carbons (Fsp3) is 0.500. The Morgan fingerprint density at radius 2 is 1.92 bits per heavy atom. The van der Waals surface area contributed by atoms with E-state index in [1.165, 1.54) is 33.8 Å². The third kappa shape index (κ3) is 6.08. The van der Waals surface area contributed by atoms with Crippen molar-refractivity contribution in [3.8, 4) is 5.75 Å². The van der Waals surface area contributed by atoms with Crippen molar-refractivity contribution in [1.29, 1.82) is 0 Å². The number of hydrogen-bond acceptors (Lipinski definition) is 5. The molecule has 0 radical (unpaired) electrons. The summed E-state index contributed by atoms with van der Waals surface area (Å²) in [6.07, 6.45) is -1.33. The Bertz CT molecular complexity index is 750. The van der Waals surface area contributed by atoms with Crippen LogP contribution in [0.4, 0.5) is 13.6 Å². The van der Waals surface area contributed by atoms with Gasteiger partial charge in [-0.25, -0.2) is 9.18 Å². The largest absolute Gasteiger partial charge is 0.487 e. The summed E-state index contributed by atoms with van der Waals surface area (Å²) in [5.74, 6) is -2.94. The molecule has 1 aromatic carbocycles. The molecule has 1 rings (SSSR count). The maximum Gasteiger partial charge on any atom is 0.426 e. The summed E-state index contributed by atoms with van der Waals surface area (Å²) in [7, 11) is -4.97. The number of halogens is 3. The van der Waals surface area contributed by atoms with Crippen molar-refractivity contribution in [1.82, 2.24) is 4.31 Å². The molecule has 142 valence electrons. The van der Waals surface area contributed by atoms with Crippen molar-refractivity contribution in [2.75, 3.05) is 6.61 Å². The molecule has 25 heavy (non-hydrogen) atoms. The highest BCUT2D eigenvalue weighted by molar-refractivity contribution is 9.10. The fourth-order valence-electron chi connectivity index (χ4n) is 1.72. The lowest BCUT2D eigenvalue weighted by Crippen LogP contribution is -2.47. The first-order valence-electron chi connectivity index (χ1n) is 7.00. The number of carbonyl (C=O) groups excluding carboxylic acids is 1. The molecule has 0 aliphatic carbocycles. The van der Waals surface area contributed by atoms with E-state index in [4.69, 9.17) is 9.47 Å². The average molecular weight is 446 g/mol. The Morgan fingerprint density at radius 1 is 1.36 bits per heavy atom. The first kappa shape index (κ1) is 21.6. The van der Waals surface area contributed by atoms with Gasteiger partial charge in [-0.3, -0.25) is 4.55 Å². The van der Waals surface area contributed by atoms with Gasteiger partial charge in [-0.15, -0.1) is 0 Å². The van der Waals surface area contributed by atoms with E-state index in [0.717, 1.165) is 6.07 Å². The molecule has 11 heteroatoms. The van der Waals surface area contributed by atoms with Crippen molar-refractivity contribution < 1.29 is 36.0 Å². The second-order valence-electron chi connectivity index (χ2n) is 6.09. The minimum absolute atomic E-state index is 0.0589. The molecule has 0 bridgehead atoms. The van der Waals surface area contributed by atoms with Gasteiger partial charge in [0, 0.05) is 0 Å². The first-order chi connectivity index (χ1) is 11.2. The third-order valence-electron chi connectivity index (χ3n) is 2.69. The number of rotatable bonds is 5. The zero-order valence-corrected chi connectivity index (χ0v) is 16.3. The quantitative estimate of drug-likeness (QED) is 0.550.